The molecule has 0 N–H and O–H groups in total. The van der Waals surface area contributed by atoms with Crippen molar-refractivity contribution in [2.24, 2.45) is 0 Å². The minimum absolute atomic E-state index is 0.125. The first-order valence-electron chi connectivity index (χ1n) is 9.67. The predicted molar refractivity (Wildman–Crippen MR) is 125 cm³/mol. The van der Waals surface area contributed by atoms with E-state index in [1.807, 2.05) is 0 Å². The molecule has 0 saturated heterocycles. The van der Waals surface area contributed by atoms with Gasteiger partial charge in [0.25, 0.3) is 0 Å². The molecule has 3 rings (SSSR count). The van der Waals surface area contributed by atoms with Crippen LogP contribution in [0.2, 0.25) is 5.02 Å². The van der Waals surface area contributed by atoms with Gasteiger partial charge in [0.1, 0.15) is 18.2 Å². The second-order valence-electron chi connectivity index (χ2n) is 6.76. The number of carbonyl (C=O) groups excluding carboxylic acids is 2. The van der Waals surface area contributed by atoms with Crippen LogP contribution in [-0.4, -0.2) is 41.9 Å². The van der Waals surface area contributed by atoms with Crippen molar-refractivity contribution in [3.05, 3.63) is 76.5 Å². The first kappa shape index (κ1) is 23.4. The topological polar surface area (TPSA) is 62.7 Å². The molecule has 0 aliphatic rings. The summed E-state index contributed by atoms with van der Waals surface area (Å²) in [5.74, 6) is -0.483. The summed E-state index contributed by atoms with van der Waals surface area (Å²) in [6, 6.07) is 13.0. The monoisotopic (exact) mass is 473 g/mol. The Kier molecular flexibility index (Phi) is 7.97. The van der Waals surface area contributed by atoms with Gasteiger partial charge >= 0.3 is 0 Å². The van der Waals surface area contributed by atoms with Crippen molar-refractivity contribution in [1.29, 1.82) is 0 Å². The van der Waals surface area contributed by atoms with Gasteiger partial charge in [0.15, 0.2) is 5.13 Å². The molecule has 3 aromatic rings. The van der Waals surface area contributed by atoms with Gasteiger partial charge in [0.2, 0.25) is 11.8 Å². The van der Waals surface area contributed by atoms with Crippen molar-refractivity contribution < 1.29 is 18.7 Å². The number of amides is 2. The van der Waals surface area contributed by atoms with Gasteiger partial charge in [-0.05, 0) is 36.4 Å². The number of halogens is 2. The second-order valence-corrected chi connectivity index (χ2v) is 8.03. The maximum absolute atomic E-state index is 14.2. The number of para-hydroxylation sites is 1. The average Bonchev–Trinajstić information content (AvgIpc) is 3.21. The van der Waals surface area contributed by atoms with Crippen LogP contribution < -0.4 is 9.64 Å². The lowest BCUT2D eigenvalue weighted by molar-refractivity contribution is -0.125. The highest BCUT2D eigenvalue weighted by Crippen LogP contribution is 2.31. The Bertz CT molecular complexity index is 1130. The smallest absolute Gasteiger partial charge is 0.246 e. The number of thiazole rings is 1. The van der Waals surface area contributed by atoms with Crippen LogP contribution in [0.4, 0.5) is 15.2 Å². The molecule has 1 aromatic heterocycles. The summed E-state index contributed by atoms with van der Waals surface area (Å²) in [6.07, 6.45) is 2.94. The van der Waals surface area contributed by atoms with Crippen LogP contribution >= 0.6 is 22.9 Å². The maximum atomic E-state index is 14.2. The zero-order valence-electron chi connectivity index (χ0n) is 17.5. The largest absolute Gasteiger partial charge is 0.492 e. The summed E-state index contributed by atoms with van der Waals surface area (Å²) < 4.78 is 19.8. The molecular weight excluding hydrogens is 453 g/mol. The van der Waals surface area contributed by atoms with Gasteiger partial charge in [-0.1, -0.05) is 29.8 Å². The Morgan fingerprint density at radius 3 is 2.72 bits per heavy atom. The summed E-state index contributed by atoms with van der Waals surface area (Å²) in [5.41, 5.74) is 0.616. The van der Waals surface area contributed by atoms with E-state index in [0.717, 1.165) is 0 Å². The number of anilines is 2. The van der Waals surface area contributed by atoms with E-state index in [1.54, 1.807) is 54.9 Å². The lowest BCUT2D eigenvalue weighted by Crippen LogP contribution is -2.29. The van der Waals surface area contributed by atoms with Gasteiger partial charge in [0, 0.05) is 30.5 Å². The summed E-state index contributed by atoms with van der Waals surface area (Å²) in [5, 5.41) is 2.59. The van der Waals surface area contributed by atoms with E-state index in [-0.39, 0.29) is 17.5 Å². The molecule has 0 spiro atoms. The fraction of sp³-hybridized carbons (Fsp3) is 0.174. The third-order valence-electron chi connectivity index (χ3n) is 4.37. The minimum Gasteiger partial charge on any atom is -0.492 e. The molecule has 6 nitrogen and oxygen atoms in total. The number of nitrogens with zero attached hydrogens (tertiary/aromatic N) is 3. The van der Waals surface area contributed by atoms with Gasteiger partial charge in [-0.25, -0.2) is 9.37 Å². The van der Waals surface area contributed by atoms with Gasteiger partial charge in [0.05, 0.1) is 17.9 Å². The molecule has 0 fully saturated rings. The number of hydrogen-bond acceptors (Lipinski definition) is 5. The third-order valence-corrected chi connectivity index (χ3v) is 5.45. The van der Waals surface area contributed by atoms with E-state index in [4.69, 9.17) is 16.3 Å². The van der Waals surface area contributed by atoms with Crippen LogP contribution in [0.5, 0.6) is 5.75 Å². The van der Waals surface area contributed by atoms with Gasteiger partial charge in [-0.15, -0.1) is 11.3 Å². The van der Waals surface area contributed by atoms with Crippen LogP contribution in [0.25, 0.3) is 6.08 Å². The van der Waals surface area contributed by atoms with Gasteiger partial charge in [-0.2, -0.15) is 0 Å². The average molecular weight is 474 g/mol. The fourth-order valence-corrected chi connectivity index (χ4v) is 3.78. The van der Waals surface area contributed by atoms with E-state index in [1.165, 1.54) is 46.3 Å². The lowest BCUT2D eigenvalue weighted by Gasteiger charge is -2.18. The van der Waals surface area contributed by atoms with Gasteiger partial charge in [-0.3, -0.25) is 14.5 Å². The quantitative estimate of drug-likeness (QED) is 0.423. The van der Waals surface area contributed by atoms with Crippen LogP contribution in [-0.2, 0) is 9.59 Å². The second kappa shape index (κ2) is 10.9. The molecule has 0 radical (unpaired) electrons. The van der Waals surface area contributed by atoms with Crippen molar-refractivity contribution in [2.75, 3.05) is 25.1 Å². The molecule has 0 unspecified atom stereocenters. The lowest BCUT2D eigenvalue weighted by atomic mass is 10.3. The van der Waals surface area contributed by atoms with Crippen LogP contribution in [0.15, 0.2) is 60.0 Å². The minimum atomic E-state index is -0.521. The summed E-state index contributed by atoms with van der Waals surface area (Å²) in [6.45, 7) is 2.03. The molecule has 2 aromatic carbocycles. The van der Waals surface area contributed by atoms with E-state index >= 15 is 0 Å². The normalized spacial score (nSPS) is 10.9. The number of ether oxygens (including phenoxy) is 1. The molecule has 1 heterocycles. The van der Waals surface area contributed by atoms with Crippen LogP contribution in [0.1, 0.15) is 12.6 Å². The molecule has 166 valence electrons. The molecule has 32 heavy (non-hydrogen) atoms. The van der Waals surface area contributed by atoms with Crippen molar-refractivity contribution in [3.8, 4) is 5.75 Å². The van der Waals surface area contributed by atoms with E-state index < -0.39 is 5.82 Å². The van der Waals surface area contributed by atoms with Crippen molar-refractivity contribution >= 4 is 51.6 Å². The zero-order chi connectivity index (χ0) is 23.1. The number of hydrogen-bond donors (Lipinski definition) is 0. The highest BCUT2D eigenvalue weighted by Gasteiger charge is 2.20. The summed E-state index contributed by atoms with van der Waals surface area (Å²) in [7, 11) is 1.66. The first-order chi connectivity index (χ1) is 15.3. The van der Waals surface area contributed by atoms with E-state index in [9.17, 15) is 14.0 Å². The first-order valence-corrected chi connectivity index (χ1v) is 10.9. The number of likely N-dealkylation sites (N-methyl/N-ethyl adjacent to an activating group) is 1. The summed E-state index contributed by atoms with van der Waals surface area (Å²) >= 11 is 7.10. The standard InChI is InChI=1S/C23H21ClFN3O3S/c1-16(29)28(21-9-4-3-8-20(21)25)23-26-18(15-32-23)10-11-22(30)27(2)12-13-31-19-7-5-6-17(24)14-19/h3-11,14-15H,12-13H2,1-2H3/b11-10+. The van der Waals surface area contributed by atoms with E-state index in [2.05, 4.69) is 4.98 Å². The number of aromatic nitrogens is 1. The van der Waals surface area contributed by atoms with Crippen LogP contribution in [0.3, 0.4) is 0 Å². The Morgan fingerprint density at radius 1 is 1.22 bits per heavy atom. The Morgan fingerprint density at radius 2 is 2.00 bits per heavy atom. The predicted octanol–water partition coefficient (Wildman–Crippen LogP) is 5.17. The molecule has 0 atom stereocenters. The highest BCUT2D eigenvalue weighted by atomic mass is 35.5. The zero-order valence-corrected chi connectivity index (χ0v) is 19.1. The molecule has 0 bridgehead atoms. The molecule has 2 amide bonds. The van der Waals surface area contributed by atoms with Crippen molar-refractivity contribution in [2.45, 2.75) is 6.92 Å². The molecule has 0 aliphatic heterocycles. The maximum Gasteiger partial charge on any atom is 0.246 e. The number of benzene rings is 2. The highest BCUT2D eigenvalue weighted by molar-refractivity contribution is 7.14. The number of rotatable bonds is 8. The molecule has 0 aliphatic carbocycles. The Labute approximate surface area is 194 Å². The SMILES string of the molecule is CC(=O)N(c1nc(/C=C/C(=O)N(C)CCOc2cccc(Cl)c2)cs1)c1ccccc1F. The molecular formula is C23H21ClFN3O3S. The third kappa shape index (κ3) is 6.15. The Hall–Kier alpha value is -3.23. The molecule has 0 saturated carbocycles. The van der Waals surface area contributed by atoms with Crippen LogP contribution in [0, 0.1) is 5.82 Å². The Balaban J connectivity index is 1.60. The van der Waals surface area contributed by atoms with E-state index in [0.29, 0.717) is 34.7 Å². The summed E-state index contributed by atoms with van der Waals surface area (Å²) in [4.78, 5) is 31.5. The fourth-order valence-electron chi connectivity index (χ4n) is 2.75. The number of carbonyl (C=O) groups is 2. The molecule has 9 heteroatoms. The van der Waals surface area contributed by atoms with Crippen molar-refractivity contribution in [3.63, 3.8) is 0 Å². The van der Waals surface area contributed by atoms with Gasteiger partial charge < -0.3 is 9.64 Å². The van der Waals surface area contributed by atoms with Crippen molar-refractivity contribution in [1.82, 2.24) is 9.88 Å².